The molecule has 2 N–H and O–H groups in total. The quantitative estimate of drug-likeness (QED) is 0.862. The van der Waals surface area contributed by atoms with Crippen molar-refractivity contribution in [1.82, 2.24) is 15.1 Å². The number of carbonyl (C=O) groups is 1. The van der Waals surface area contributed by atoms with Gasteiger partial charge in [0, 0.05) is 43.0 Å². The number of aryl methyl sites for hydroxylation is 1. The Hall–Kier alpha value is -2.14. The van der Waals surface area contributed by atoms with Gasteiger partial charge in [-0.2, -0.15) is 5.10 Å². The molecular weight excluding hydrogens is 276 g/mol. The molecule has 0 saturated heterocycles. The fraction of sp³-hybridized carbons (Fsp3) is 0.412. The average molecular weight is 298 g/mol. The fourth-order valence-corrected chi connectivity index (χ4v) is 2.40. The molecule has 0 spiro atoms. The first-order chi connectivity index (χ1) is 10.6. The molecule has 0 radical (unpaired) electrons. The van der Waals surface area contributed by atoms with Crippen LogP contribution < -0.4 is 10.6 Å². The number of hydrogen-bond donors (Lipinski definition) is 2. The van der Waals surface area contributed by atoms with Crippen LogP contribution in [0, 0.1) is 5.92 Å². The summed E-state index contributed by atoms with van der Waals surface area (Å²) in [6, 6.07) is 8.30. The summed E-state index contributed by atoms with van der Waals surface area (Å²) < 4.78 is 1.80. The topological polar surface area (TPSA) is 59.0 Å². The fourth-order valence-electron chi connectivity index (χ4n) is 2.40. The van der Waals surface area contributed by atoms with Gasteiger partial charge < -0.3 is 10.6 Å². The van der Waals surface area contributed by atoms with Crippen molar-refractivity contribution in [1.29, 1.82) is 0 Å². The second-order valence-corrected chi connectivity index (χ2v) is 6.01. The monoisotopic (exact) mass is 298 g/mol. The smallest absolute Gasteiger partial charge is 0.227 e. The summed E-state index contributed by atoms with van der Waals surface area (Å²) in [6.07, 6.45) is 5.94. The standard InChI is InChI=1S/C17H22N4O/c1-12(18-9-13-10-19-21(2)11-13)14-5-7-16(8-6-14)20-17(22)15-3-4-15/h5-8,10-12,15,18H,3-4,9H2,1-2H3,(H,20,22). The molecule has 1 aliphatic rings. The van der Waals surface area contributed by atoms with Gasteiger partial charge in [-0.15, -0.1) is 0 Å². The Morgan fingerprint density at radius 2 is 2.09 bits per heavy atom. The summed E-state index contributed by atoms with van der Waals surface area (Å²) in [4.78, 5) is 11.7. The number of nitrogens with zero attached hydrogens (tertiary/aromatic N) is 2. The predicted octanol–water partition coefficient (Wildman–Crippen LogP) is 2.62. The molecule has 5 nitrogen and oxygen atoms in total. The minimum Gasteiger partial charge on any atom is -0.326 e. The highest BCUT2D eigenvalue weighted by Crippen LogP contribution is 2.30. The van der Waals surface area contributed by atoms with Crippen LogP contribution in [0.15, 0.2) is 36.7 Å². The molecule has 1 fully saturated rings. The van der Waals surface area contributed by atoms with Crippen LogP contribution in [-0.2, 0) is 18.4 Å². The van der Waals surface area contributed by atoms with Gasteiger partial charge in [0.15, 0.2) is 0 Å². The Labute approximate surface area is 130 Å². The van der Waals surface area contributed by atoms with Gasteiger partial charge in [0.2, 0.25) is 5.91 Å². The SMILES string of the molecule is CC(NCc1cnn(C)c1)c1ccc(NC(=O)C2CC2)cc1. The van der Waals surface area contributed by atoms with E-state index in [1.165, 1.54) is 11.1 Å². The van der Waals surface area contributed by atoms with Crippen molar-refractivity contribution >= 4 is 11.6 Å². The maximum Gasteiger partial charge on any atom is 0.227 e. The van der Waals surface area contributed by atoms with E-state index in [9.17, 15) is 4.79 Å². The van der Waals surface area contributed by atoms with Crippen LogP contribution in [0.2, 0.25) is 0 Å². The second kappa shape index (κ2) is 6.32. The van der Waals surface area contributed by atoms with Gasteiger partial charge in [0.1, 0.15) is 0 Å². The van der Waals surface area contributed by atoms with Crippen LogP contribution >= 0.6 is 0 Å². The van der Waals surface area contributed by atoms with E-state index in [0.717, 1.165) is 25.1 Å². The normalized spacial score (nSPS) is 15.5. The molecule has 1 aromatic heterocycles. The van der Waals surface area contributed by atoms with E-state index < -0.39 is 0 Å². The van der Waals surface area contributed by atoms with Crippen molar-refractivity contribution in [2.45, 2.75) is 32.4 Å². The number of anilines is 1. The molecule has 1 heterocycles. The molecule has 1 saturated carbocycles. The minimum atomic E-state index is 0.149. The molecule has 1 aliphatic carbocycles. The number of rotatable bonds is 6. The lowest BCUT2D eigenvalue weighted by Crippen LogP contribution is -2.18. The summed E-state index contributed by atoms with van der Waals surface area (Å²) in [5.41, 5.74) is 3.25. The summed E-state index contributed by atoms with van der Waals surface area (Å²) in [5.74, 6) is 0.384. The molecule has 22 heavy (non-hydrogen) atoms. The molecule has 0 bridgehead atoms. The molecule has 5 heteroatoms. The molecule has 1 aromatic carbocycles. The number of hydrogen-bond acceptors (Lipinski definition) is 3. The summed E-state index contributed by atoms with van der Waals surface area (Å²) in [5, 5.41) is 10.6. The molecular formula is C17H22N4O. The van der Waals surface area contributed by atoms with E-state index in [1.54, 1.807) is 4.68 Å². The molecule has 1 atom stereocenters. The van der Waals surface area contributed by atoms with Gasteiger partial charge in [-0.3, -0.25) is 9.48 Å². The van der Waals surface area contributed by atoms with Crippen LogP contribution in [0.1, 0.15) is 36.9 Å². The Bertz CT molecular complexity index is 643. The van der Waals surface area contributed by atoms with Crippen molar-refractivity contribution in [2.24, 2.45) is 13.0 Å². The van der Waals surface area contributed by atoms with Crippen molar-refractivity contribution < 1.29 is 4.79 Å². The summed E-state index contributed by atoms with van der Waals surface area (Å²) in [7, 11) is 1.92. The minimum absolute atomic E-state index is 0.149. The van der Waals surface area contributed by atoms with Crippen molar-refractivity contribution in [3.63, 3.8) is 0 Å². The molecule has 3 rings (SSSR count). The van der Waals surface area contributed by atoms with Crippen molar-refractivity contribution in [3.05, 3.63) is 47.8 Å². The Balaban J connectivity index is 1.53. The van der Waals surface area contributed by atoms with Crippen LogP contribution in [0.4, 0.5) is 5.69 Å². The Kier molecular flexibility index (Phi) is 4.24. The first-order valence-corrected chi connectivity index (χ1v) is 7.73. The molecule has 0 aliphatic heterocycles. The summed E-state index contributed by atoms with van der Waals surface area (Å²) >= 11 is 0. The highest BCUT2D eigenvalue weighted by molar-refractivity contribution is 5.93. The zero-order valence-corrected chi connectivity index (χ0v) is 13.0. The van der Waals surface area contributed by atoms with E-state index in [-0.39, 0.29) is 17.9 Å². The van der Waals surface area contributed by atoms with Crippen LogP contribution in [-0.4, -0.2) is 15.7 Å². The lowest BCUT2D eigenvalue weighted by molar-refractivity contribution is -0.117. The van der Waals surface area contributed by atoms with E-state index in [2.05, 4.69) is 34.8 Å². The Morgan fingerprint density at radius 3 is 2.68 bits per heavy atom. The Morgan fingerprint density at radius 1 is 1.36 bits per heavy atom. The third-order valence-corrected chi connectivity index (χ3v) is 4.00. The molecule has 2 aromatic rings. The van der Waals surface area contributed by atoms with Crippen LogP contribution in [0.5, 0.6) is 0 Å². The maximum absolute atomic E-state index is 11.7. The third kappa shape index (κ3) is 3.74. The predicted molar refractivity (Wildman–Crippen MR) is 86.3 cm³/mol. The number of carbonyl (C=O) groups excluding carboxylic acids is 1. The number of nitrogens with one attached hydrogen (secondary N) is 2. The van der Waals surface area contributed by atoms with E-state index >= 15 is 0 Å². The molecule has 1 amide bonds. The van der Waals surface area contributed by atoms with Gasteiger partial charge >= 0.3 is 0 Å². The number of aromatic nitrogens is 2. The van der Waals surface area contributed by atoms with Gasteiger partial charge in [-0.25, -0.2) is 0 Å². The first kappa shape index (κ1) is 14.8. The molecule has 1 unspecified atom stereocenters. The highest BCUT2D eigenvalue weighted by Gasteiger charge is 2.29. The first-order valence-electron chi connectivity index (χ1n) is 7.73. The van der Waals surface area contributed by atoms with E-state index in [4.69, 9.17) is 0 Å². The van der Waals surface area contributed by atoms with Crippen molar-refractivity contribution in [2.75, 3.05) is 5.32 Å². The van der Waals surface area contributed by atoms with E-state index in [0.29, 0.717) is 0 Å². The zero-order valence-electron chi connectivity index (χ0n) is 13.0. The maximum atomic E-state index is 11.7. The zero-order chi connectivity index (χ0) is 15.5. The van der Waals surface area contributed by atoms with Gasteiger partial charge in [-0.1, -0.05) is 12.1 Å². The summed E-state index contributed by atoms with van der Waals surface area (Å²) in [6.45, 7) is 2.92. The lowest BCUT2D eigenvalue weighted by atomic mass is 10.1. The van der Waals surface area contributed by atoms with E-state index in [1.807, 2.05) is 31.6 Å². The second-order valence-electron chi connectivity index (χ2n) is 6.01. The number of benzene rings is 1. The van der Waals surface area contributed by atoms with Crippen molar-refractivity contribution in [3.8, 4) is 0 Å². The lowest BCUT2D eigenvalue weighted by Gasteiger charge is -2.14. The third-order valence-electron chi connectivity index (χ3n) is 4.00. The highest BCUT2D eigenvalue weighted by atomic mass is 16.2. The van der Waals surface area contributed by atoms with Crippen LogP contribution in [0.25, 0.3) is 0 Å². The largest absolute Gasteiger partial charge is 0.326 e. The average Bonchev–Trinajstić information content (AvgIpc) is 3.29. The molecule has 116 valence electrons. The van der Waals surface area contributed by atoms with Gasteiger partial charge in [0.25, 0.3) is 0 Å². The van der Waals surface area contributed by atoms with Gasteiger partial charge in [-0.05, 0) is 37.5 Å². The van der Waals surface area contributed by atoms with Gasteiger partial charge in [0.05, 0.1) is 6.20 Å². The number of amides is 1. The van der Waals surface area contributed by atoms with Crippen LogP contribution in [0.3, 0.4) is 0 Å².